The molecule has 7 atom stereocenters. The lowest BCUT2D eigenvalue weighted by Crippen LogP contribution is -2.60. The van der Waals surface area contributed by atoms with Gasteiger partial charge in [-0.2, -0.15) is 0 Å². The number of aliphatic hydroxyl groups excluding tert-OH is 5. The molecule has 6 N–H and O–H groups in total. The van der Waals surface area contributed by atoms with E-state index in [0.29, 0.717) is 12.8 Å². The molecule has 1 rings (SSSR count). The van der Waals surface area contributed by atoms with Gasteiger partial charge in [0.25, 0.3) is 0 Å². The molecule has 0 aromatic rings. The van der Waals surface area contributed by atoms with Crippen LogP contribution in [0.25, 0.3) is 0 Å². The number of allylic oxidation sites excluding steroid dienone is 2. The maximum Gasteiger partial charge on any atom is 0.220 e. The lowest BCUT2D eigenvalue weighted by molar-refractivity contribution is -0.302. The van der Waals surface area contributed by atoms with Gasteiger partial charge in [-0.15, -0.1) is 0 Å². The predicted octanol–water partition coefficient (Wildman–Crippen LogP) is 6.61. The second kappa shape index (κ2) is 29.8. The molecule has 0 aliphatic carbocycles. The zero-order valence-corrected chi connectivity index (χ0v) is 30.0. The third-order valence-electron chi connectivity index (χ3n) is 9.37. The average Bonchev–Trinajstić information content (AvgIpc) is 3.07. The van der Waals surface area contributed by atoms with Crippen LogP contribution in [0.1, 0.15) is 168 Å². The van der Waals surface area contributed by atoms with Gasteiger partial charge in [0.2, 0.25) is 5.91 Å². The monoisotopic (exact) mass is 672 g/mol. The van der Waals surface area contributed by atoms with Gasteiger partial charge in [-0.3, -0.25) is 4.79 Å². The van der Waals surface area contributed by atoms with E-state index in [0.717, 1.165) is 44.9 Å². The van der Waals surface area contributed by atoms with Gasteiger partial charge in [0, 0.05) is 6.42 Å². The van der Waals surface area contributed by atoms with E-state index in [-0.39, 0.29) is 12.5 Å². The molecule has 47 heavy (non-hydrogen) atoms. The van der Waals surface area contributed by atoms with Gasteiger partial charge in [0.1, 0.15) is 24.4 Å². The minimum atomic E-state index is -1.55. The highest BCUT2D eigenvalue weighted by molar-refractivity contribution is 5.76. The minimum absolute atomic E-state index is 0.147. The highest BCUT2D eigenvalue weighted by Crippen LogP contribution is 2.23. The van der Waals surface area contributed by atoms with E-state index >= 15 is 0 Å². The quantitative estimate of drug-likeness (QED) is 0.0357. The van der Waals surface area contributed by atoms with Crippen LogP contribution in [0.3, 0.4) is 0 Å². The van der Waals surface area contributed by atoms with Gasteiger partial charge in [-0.1, -0.05) is 135 Å². The van der Waals surface area contributed by atoms with Gasteiger partial charge in [0.05, 0.1) is 25.4 Å². The van der Waals surface area contributed by atoms with E-state index in [2.05, 4.69) is 31.3 Å². The summed E-state index contributed by atoms with van der Waals surface area (Å²) < 4.78 is 11.2. The number of unbranched alkanes of at least 4 members (excludes halogenated alkanes) is 19. The van der Waals surface area contributed by atoms with Gasteiger partial charge in [0.15, 0.2) is 6.29 Å². The SMILES string of the molecule is CCCCCCCCCC/C=C/CCCC[C@@H](O)[C@H](CO[C@@H]1O[C@H](CO)[C@@H](O)C(O)C1O)NC(=O)CCCCCCCCCCCC. The maximum atomic E-state index is 12.8. The van der Waals surface area contributed by atoms with Crippen molar-refractivity contribution in [2.75, 3.05) is 13.2 Å². The number of nitrogens with one attached hydrogen (secondary N) is 1. The number of ether oxygens (including phenoxy) is 2. The van der Waals surface area contributed by atoms with Crippen LogP contribution in [0.5, 0.6) is 0 Å². The Labute approximate surface area is 286 Å². The lowest BCUT2D eigenvalue weighted by atomic mass is 9.99. The lowest BCUT2D eigenvalue weighted by Gasteiger charge is -2.40. The Balaban J connectivity index is 2.44. The topological polar surface area (TPSA) is 149 Å². The summed E-state index contributed by atoms with van der Waals surface area (Å²) >= 11 is 0. The van der Waals surface area contributed by atoms with E-state index in [1.807, 2.05) is 0 Å². The first-order chi connectivity index (χ1) is 22.8. The van der Waals surface area contributed by atoms with Crippen molar-refractivity contribution in [1.82, 2.24) is 5.32 Å². The number of hydrogen-bond donors (Lipinski definition) is 6. The number of hydrogen-bond acceptors (Lipinski definition) is 8. The summed E-state index contributed by atoms with van der Waals surface area (Å²) in [5, 5.41) is 54.0. The molecule has 1 heterocycles. The van der Waals surface area contributed by atoms with Crippen molar-refractivity contribution >= 4 is 5.91 Å². The molecule has 0 bridgehead atoms. The normalized spacial score (nSPS) is 22.9. The number of amides is 1. The summed E-state index contributed by atoms with van der Waals surface area (Å²) in [6.07, 6.45) is 23.6. The van der Waals surface area contributed by atoms with Crippen molar-refractivity contribution < 1.29 is 39.8 Å². The van der Waals surface area contributed by atoms with Crippen LogP contribution >= 0.6 is 0 Å². The van der Waals surface area contributed by atoms with E-state index in [1.165, 1.54) is 96.3 Å². The van der Waals surface area contributed by atoms with Crippen molar-refractivity contribution in [1.29, 1.82) is 0 Å². The van der Waals surface area contributed by atoms with Crippen LogP contribution in [-0.2, 0) is 14.3 Å². The summed E-state index contributed by atoms with van der Waals surface area (Å²) in [7, 11) is 0. The fourth-order valence-corrected chi connectivity index (χ4v) is 6.15. The Bertz CT molecular complexity index is 751. The zero-order valence-electron chi connectivity index (χ0n) is 30.0. The van der Waals surface area contributed by atoms with E-state index in [9.17, 15) is 30.3 Å². The Hall–Kier alpha value is -1.07. The molecule has 1 fully saturated rings. The van der Waals surface area contributed by atoms with Gasteiger partial charge < -0.3 is 40.3 Å². The van der Waals surface area contributed by atoms with Crippen molar-refractivity contribution in [3.05, 3.63) is 12.2 Å². The molecule has 1 saturated heterocycles. The van der Waals surface area contributed by atoms with Gasteiger partial charge >= 0.3 is 0 Å². The molecule has 0 aromatic carbocycles. The summed E-state index contributed by atoms with van der Waals surface area (Å²) in [4.78, 5) is 12.8. The summed E-state index contributed by atoms with van der Waals surface area (Å²) in [6, 6.07) is -0.726. The fraction of sp³-hybridized carbons (Fsp3) is 0.921. The van der Waals surface area contributed by atoms with Crippen molar-refractivity contribution in [3.63, 3.8) is 0 Å². The molecule has 278 valence electrons. The summed E-state index contributed by atoms with van der Waals surface area (Å²) in [5.74, 6) is -0.157. The van der Waals surface area contributed by atoms with E-state index < -0.39 is 49.5 Å². The molecule has 0 saturated carbocycles. The van der Waals surface area contributed by atoms with Crippen molar-refractivity contribution in [2.24, 2.45) is 0 Å². The van der Waals surface area contributed by atoms with Crippen LogP contribution < -0.4 is 5.32 Å². The average molecular weight is 672 g/mol. The van der Waals surface area contributed by atoms with Crippen LogP contribution in [-0.4, -0.2) is 87.5 Å². The van der Waals surface area contributed by atoms with E-state index in [1.54, 1.807) is 0 Å². The molecule has 0 radical (unpaired) electrons. The second-order valence-corrected chi connectivity index (χ2v) is 13.7. The molecule has 2 unspecified atom stereocenters. The fourth-order valence-electron chi connectivity index (χ4n) is 6.15. The van der Waals surface area contributed by atoms with Crippen LogP contribution in [0, 0.1) is 0 Å². The predicted molar refractivity (Wildman–Crippen MR) is 189 cm³/mol. The summed E-state index contributed by atoms with van der Waals surface area (Å²) in [5.41, 5.74) is 0. The summed E-state index contributed by atoms with van der Waals surface area (Å²) in [6.45, 7) is 3.77. The molecular formula is C38H73NO8. The number of aliphatic hydroxyl groups is 5. The molecule has 9 heteroatoms. The Morgan fingerprint density at radius 2 is 1.19 bits per heavy atom. The van der Waals surface area contributed by atoms with Crippen molar-refractivity contribution in [2.45, 2.75) is 211 Å². The molecule has 0 aromatic heterocycles. The molecule has 1 aliphatic rings. The highest BCUT2D eigenvalue weighted by Gasteiger charge is 2.44. The first-order valence-corrected chi connectivity index (χ1v) is 19.4. The van der Waals surface area contributed by atoms with Crippen LogP contribution in [0.4, 0.5) is 0 Å². The Morgan fingerprint density at radius 1 is 0.702 bits per heavy atom. The smallest absolute Gasteiger partial charge is 0.220 e. The Morgan fingerprint density at radius 3 is 1.72 bits per heavy atom. The van der Waals surface area contributed by atoms with Crippen LogP contribution in [0.2, 0.25) is 0 Å². The first kappa shape index (κ1) is 44.0. The number of carbonyl (C=O) groups excluding carboxylic acids is 1. The molecule has 1 aliphatic heterocycles. The molecular weight excluding hydrogens is 598 g/mol. The van der Waals surface area contributed by atoms with E-state index in [4.69, 9.17) is 9.47 Å². The highest BCUT2D eigenvalue weighted by atomic mass is 16.7. The number of rotatable bonds is 31. The van der Waals surface area contributed by atoms with Crippen LogP contribution in [0.15, 0.2) is 12.2 Å². The standard InChI is InChI=1S/C38H73NO8/c1-3-5-7-9-11-13-15-16-17-18-19-21-23-25-27-32(41)31(30-46-38-37(45)36(44)35(43)33(29-40)47-38)39-34(42)28-26-24-22-20-14-12-10-8-6-4-2/h18-19,31-33,35-38,40-41,43-45H,3-17,20-30H2,1-2H3,(H,39,42)/b19-18+/t31-,32+,33+,35+,36?,37?,38+/m0/s1. The van der Waals surface area contributed by atoms with Gasteiger partial charge in [-0.25, -0.2) is 0 Å². The number of carbonyl (C=O) groups is 1. The minimum Gasteiger partial charge on any atom is -0.394 e. The largest absolute Gasteiger partial charge is 0.394 e. The molecule has 0 spiro atoms. The maximum absolute atomic E-state index is 12.8. The third-order valence-corrected chi connectivity index (χ3v) is 9.37. The first-order valence-electron chi connectivity index (χ1n) is 19.4. The second-order valence-electron chi connectivity index (χ2n) is 13.7. The molecule has 1 amide bonds. The van der Waals surface area contributed by atoms with Gasteiger partial charge in [-0.05, 0) is 38.5 Å². The zero-order chi connectivity index (χ0) is 34.5. The molecule has 9 nitrogen and oxygen atoms in total. The Kier molecular flexibility index (Phi) is 27.9. The van der Waals surface area contributed by atoms with Crippen molar-refractivity contribution in [3.8, 4) is 0 Å². The third kappa shape index (κ3) is 21.6.